The maximum Gasteiger partial charge on any atom is 0.404 e. The second-order valence-electron chi connectivity index (χ2n) is 7.71. The summed E-state index contributed by atoms with van der Waals surface area (Å²) in [6.07, 6.45) is -11.1. The fourth-order valence-electron chi connectivity index (χ4n) is 3.74. The first kappa shape index (κ1) is 24.3. The van der Waals surface area contributed by atoms with E-state index in [9.17, 15) is 31.1 Å². The van der Waals surface area contributed by atoms with E-state index < -0.39 is 23.8 Å². The smallest absolute Gasteiger partial charge is 0.349 e. The molecule has 1 fully saturated rings. The van der Waals surface area contributed by atoms with Gasteiger partial charge in [0.25, 0.3) is 0 Å². The fraction of sp³-hybridized carbons (Fsp3) is 0.429. The zero-order chi connectivity index (χ0) is 24.4. The van der Waals surface area contributed by atoms with Crippen molar-refractivity contribution in [3.63, 3.8) is 0 Å². The van der Waals surface area contributed by atoms with E-state index in [4.69, 9.17) is 5.26 Å². The SMILES string of the molecule is C[C@H]1CN(C(=O)Cc2ccc(C(C(F)(F)F)C(F)(F)F)cc2)CCN1c1ccc(C#N)nn1. The molecule has 0 N–H and O–H groups in total. The van der Waals surface area contributed by atoms with Crippen molar-refractivity contribution in [3.05, 3.63) is 53.2 Å². The highest BCUT2D eigenvalue weighted by Crippen LogP contribution is 2.46. The molecule has 1 atom stereocenters. The summed E-state index contributed by atoms with van der Waals surface area (Å²) in [6, 6.07) is 8.72. The van der Waals surface area contributed by atoms with Crippen molar-refractivity contribution in [1.82, 2.24) is 15.1 Å². The number of amides is 1. The summed E-state index contributed by atoms with van der Waals surface area (Å²) in [4.78, 5) is 16.2. The highest BCUT2D eigenvalue weighted by molar-refractivity contribution is 5.79. The van der Waals surface area contributed by atoms with Gasteiger partial charge in [0, 0.05) is 25.7 Å². The fourth-order valence-corrected chi connectivity index (χ4v) is 3.74. The molecule has 2 heterocycles. The molecule has 1 aromatic carbocycles. The normalized spacial score (nSPS) is 17.2. The van der Waals surface area contributed by atoms with Gasteiger partial charge in [-0.1, -0.05) is 24.3 Å². The van der Waals surface area contributed by atoms with Gasteiger partial charge in [-0.05, 0) is 30.2 Å². The van der Waals surface area contributed by atoms with Crippen molar-refractivity contribution in [2.24, 2.45) is 0 Å². The quantitative estimate of drug-likeness (QED) is 0.634. The Morgan fingerprint density at radius 2 is 1.70 bits per heavy atom. The van der Waals surface area contributed by atoms with E-state index in [1.54, 1.807) is 17.0 Å². The van der Waals surface area contributed by atoms with Crippen LogP contribution < -0.4 is 4.90 Å². The Morgan fingerprint density at radius 1 is 1.06 bits per heavy atom. The van der Waals surface area contributed by atoms with Crippen molar-refractivity contribution in [2.75, 3.05) is 24.5 Å². The minimum atomic E-state index is -5.47. The molecule has 1 amide bonds. The Balaban J connectivity index is 1.63. The molecule has 0 unspecified atom stereocenters. The molecular formula is C21H19F6N5O. The molecule has 0 spiro atoms. The summed E-state index contributed by atoms with van der Waals surface area (Å²) >= 11 is 0. The summed E-state index contributed by atoms with van der Waals surface area (Å²) < 4.78 is 77.3. The third-order valence-electron chi connectivity index (χ3n) is 5.36. The number of hydrogen-bond donors (Lipinski definition) is 0. The van der Waals surface area contributed by atoms with Gasteiger partial charge < -0.3 is 9.80 Å². The lowest BCUT2D eigenvalue weighted by Gasteiger charge is -2.40. The molecule has 6 nitrogen and oxygen atoms in total. The second-order valence-corrected chi connectivity index (χ2v) is 7.71. The van der Waals surface area contributed by atoms with E-state index in [-0.39, 0.29) is 24.1 Å². The van der Waals surface area contributed by atoms with Gasteiger partial charge in [-0.3, -0.25) is 4.79 Å². The van der Waals surface area contributed by atoms with Gasteiger partial charge in [-0.25, -0.2) is 0 Å². The predicted octanol–water partition coefficient (Wildman–Crippen LogP) is 3.84. The van der Waals surface area contributed by atoms with Crippen molar-refractivity contribution in [1.29, 1.82) is 5.26 Å². The molecule has 12 heteroatoms. The van der Waals surface area contributed by atoms with Crippen LogP contribution in [0.5, 0.6) is 0 Å². The van der Waals surface area contributed by atoms with Crippen molar-refractivity contribution < 1.29 is 31.1 Å². The van der Waals surface area contributed by atoms with Gasteiger partial charge in [0.2, 0.25) is 5.91 Å². The van der Waals surface area contributed by atoms with Gasteiger partial charge in [-0.15, -0.1) is 10.2 Å². The van der Waals surface area contributed by atoms with Gasteiger partial charge in [-0.2, -0.15) is 31.6 Å². The Labute approximate surface area is 185 Å². The molecule has 3 rings (SSSR count). The molecule has 1 aliphatic heterocycles. The minimum absolute atomic E-state index is 0.119. The molecule has 2 aromatic rings. The maximum absolute atomic E-state index is 12.9. The first-order valence-electron chi connectivity index (χ1n) is 9.90. The van der Waals surface area contributed by atoms with Crippen LogP contribution in [0.15, 0.2) is 36.4 Å². The molecule has 33 heavy (non-hydrogen) atoms. The van der Waals surface area contributed by atoms with E-state index >= 15 is 0 Å². The Bertz CT molecular complexity index is 1000. The van der Waals surface area contributed by atoms with E-state index in [1.807, 2.05) is 17.9 Å². The lowest BCUT2D eigenvalue weighted by molar-refractivity contribution is -0.253. The van der Waals surface area contributed by atoms with Gasteiger partial charge in [0.15, 0.2) is 17.4 Å². The first-order valence-corrected chi connectivity index (χ1v) is 9.90. The monoisotopic (exact) mass is 471 g/mol. The van der Waals surface area contributed by atoms with Crippen LogP contribution >= 0.6 is 0 Å². The van der Waals surface area contributed by atoms with Crippen LogP contribution in [0.4, 0.5) is 32.2 Å². The van der Waals surface area contributed by atoms with Crippen molar-refractivity contribution in [2.45, 2.75) is 37.7 Å². The lowest BCUT2D eigenvalue weighted by atomic mass is 9.96. The van der Waals surface area contributed by atoms with Crippen molar-refractivity contribution >= 4 is 11.7 Å². The van der Waals surface area contributed by atoms with Crippen LogP contribution in [0.1, 0.15) is 29.7 Å². The Morgan fingerprint density at radius 3 is 2.18 bits per heavy atom. The lowest BCUT2D eigenvalue weighted by Crippen LogP contribution is -2.54. The summed E-state index contributed by atoms with van der Waals surface area (Å²) in [5.74, 6) is -3.30. The van der Waals surface area contributed by atoms with Crippen LogP contribution in [0.3, 0.4) is 0 Å². The molecule has 1 saturated heterocycles. The second kappa shape index (κ2) is 9.25. The number of halogens is 6. The van der Waals surface area contributed by atoms with E-state index in [0.29, 0.717) is 31.0 Å². The third-order valence-corrected chi connectivity index (χ3v) is 5.36. The van der Waals surface area contributed by atoms with Crippen LogP contribution in [0, 0.1) is 11.3 Å². The number of carbonyl (C=O) groups is 1. The number of aromatic nitrogens is 2. The molecule has 0 saturated carbocycles. The highest BCUT2D eigenvalue weighted by atomic mass is 19.4. The number of alkyl halides is 6. The number of carbonyl (C=O) groups excluding carboxylic acids is 1. The number of nitrogens with zero attached hydrogens (tertiary/aromatic N) is 5. The van der Waals surface area contributed by atoms with Crippen LogP contribution in [0.25, 0.3) is 0 Å². The average molecular weight is 471 g/mol. The van der Waals surface area contributed by atoms with Crippen LogP contribution in [-0.2, 0) is 11.2 Å². The summed E-state index contributed by atoms with van der Waals surface area (Å²) in [5.41, 5.74) is -0.417. The van der Waals surface area contributed by atoms with E-state index in [2.05, 4.69) is 10.2 Å². The molecule has 0 bridgehead atoms. The third kappa shape index (κ3) is 5.71. The van der Waals surface area contributed by atoms with E-state index in [1.165, 1.54) is 0 Å². The highest BCUT2D eigenvalue weighted by Gasteiger charge is 2.57. The molecular weight excluding hydrogens is 452 g/mol. The van der Waals surface area contributed by atoms with Gasteiger partial charge >= 0.3 is 12.4 Å². The molecule has 0 aliphatic carbocycles. The van der Waals surface area contributed by atoms with E-state index in [0.717, 1.165) is 24.3 Å². The van der Waals surface area contributed by atoms with Gasteiger partial charge in [0.05, 0.1) is 6.42 Å². The number of nitriles is 1. The topological polar surface area (TPSA) is 73.1 Å². The summed E-state index contributed by atoms with van der Waals surface area (Å²) in [7, 11) is 0. The Hall–Kier alpha value is -3.36. The molecule has 176 valence electrons. The molecule has 0 radical (unpaired) electrons. The number of hydrogen-bond acceptors (Lipinski definition) is 5. The van der Waals surface area contributed by atoms with Crippen LogP contribution in [0.2, 0.25) is 0 Å². The first-order chi connectivity index (χ1) is 15.4. The molecule has 1 aliphatic rings. The van der Waals surface area contributed by atoms with Crippen LogP contribution in [-0.4, -0.2) is 59.0 Å². The number of anilines is 1. The van der Waals surface area contributed by atoms with Crippen molar-refractivity contribution in [3.8, 4) is 6.07 Å². The molecule has 1 aromatic heterocycles. The number of piperazine rings is 1. The average Bonchev–Trinajstić information content (AvgIpc) is 2.73. The summed E-state index contributed by atoms with van der Waals surface area (Å²) in [6.45, 7) is 3.03. The summed E-state index contributed by atoms with van der Waals surface area (Å²) in [5, 5.41) is 16.6. The predicted molar refractivity (Wildman–Crippen MR) is 105 cm³/mol. The standard InChI is InChI=1S/C21H19F6N5O/c1-13-12-31(8-9-32(13)17-7-6-16(11-28)29-30-17)18(33)10-14-2-4-15(5-3-14)19(20(22,23)24)21(25,26)27/h2-7,13,19H,8-10,12H2,1H3/t13-/m0/s1. The number of rotatable bonds is 4. The number of benzene rings is 1. The zero-order valence-electron chi connectivity index (χ0n) is 17.4. The zero-order valence-corrected chi connectivity index (χ0v) is 17.4. The maximum atomic E-state index is 12.9. The largest absolute Gasteiger partial charge is 0.404 e. The minimum Gasteiger partial charge on any atom is -0.349 e. The van der Waals surface area contributed by atoms with Gasteiger partial charge in [0.1, 0.15) is 6.07 Å². The Kier molecular flexibility index (Phi) is 6.81.